The van der Waals surface area contributed by atoms with E-state index in [1.807, 2.05) is 60.7 Å². The van der Waals surface area contributed by atoms with Crippen LogP contribution in [0.1, 0.15) is 44.0 Å². The van der Waals surface area contributed by atoms with Crippen LogP contribution < -0.4 is 20.1 Å². The van der Waals surface area contributed by atoms with Gasteiger partial charge < -0.3 is 20.1 Å². The number of fused-ring (bicyclic) bond motifs is 3. The van der Waals surface area contributed by atoms with Crippen molar-refractivity contribution in [2.24, 2.45) is 0 Å². The molecule has 1 aliphatic carbocycles. The van der Waals surface area contributed by atoms with E-state index < -0.39 is 0 Å². The van der Waals surface area contributed by atoms with Gasteiger partial charge in [0.2, 0.25) is 6.79 Å². The summed E-state index contributed by atoms with van der Waals surface area (Å²) in [5.41, 5.74) is 5.93. The van der Waals surface area contributed by atoms with Crippen molar-refractivity contribution in [2.75, 3.05) is 19.9 Å². The number of carbonyl (C=O) groups excluding carboxylic acids is 2. The molecular weight excluding hydrogens is 466 g/mol. The lowest BCUT2D eigenvalue weighted by atomic mass is 10.00. The monoisotopic (exact) mass is 491 g/mol. The highest BCUT2D eigenvalue weighted by molar-refractivity contribution is 6.09. The number of allylic oxidation sites excluding steroid dienone is 1. The highest BCUT2D eigenvalue weighted by Gasteiger charge is 2.27. The molecule has 0 saturated carbocycles. The van der Waals surface area contributed by atoms with Gasteiger partial charge in [0.05, 0.1) is 16.8 Å². The van der Waals surface area contributed by atoms with E-state index in [-0.39, 0.29) is 18.6 Å². The van der Waals surface area contributed by atoms with E-state index in [1.54, 1.807) is 12.1 Å². The van der Waals surface area contributed by atoms with Crippen LogP contribution in [-0.4, -0.2) is 36.7 Å². The SMILES string of the molecule is O=C(NCCNC(=O)c1c2c(nc3ccccc13)/C(=C/c1ccc3c(c1)OCO3)CC2)c1ccccc1. The van der Waals surface area contributed by atoms with Crippen molar-refractivity contribution in [2.45, 2.75) is 12.8 Å². The molecule has 0 spiro atoms. The number of hydrogen-bond acceptors (Lipinski definition) is 5. The minimum atomic E-state index is -0.164. The van der Waals surface area contributed by atoms with Gasteiger partial charge in [0.1, 0.15) is 0 Å². The van der Waals surface area contributed by atoms with Crippen molar-refractivity contribution >= 4 is 34.4 Å². The first-order valence-electron chi connectivity index (χ1n) is 12.3. The molecule has 0 saturated heterocycles. The first kappa shape index (κ1) is 22.8. The molecule has 7 heteroatoms. The van der Waals surface area contributed by atoms with Crippen molar-refractivity contribution in [3.8, 4) is 11.5 Å². The molecule has 184 valence electrons. The van der Waals surface area contributed by atoms with Crippen molar-refractivity contribution in [1.82, 2.24) is 15.6 Å². The zero-order valence-electron chi connectivity index (χ0n) is 20.1. The van der Waals surface area contributed by atoms with Gasteiger partial charge in [0.15, 0.2) is 11.5 Å². The first-order valence-corrected chi connectivity index (χ1v) is 12.3. The van der Waals surface area contributed by atoms with Gasteiger partial charge >= 0.3 is 0 Å². The molecule has 2 amide bonds. The Morgan fingerprint density at radius 2 is 1.59 bits per heavy atom. The summed E-state index contributed by atoms with van der Waals surface area (Å²) in [5, 5.41) is 6.67. The minimum Gasteiger partial charge on any atom is -0.454 e. The third-order valence-electron chi connectivity index (χ3n) is 6.64. The van der Waals surface area contributed by atoms with Crippen LogP contribution >= 0.6 is 0 Å². The van der Waals surface area contributed by atoms with Gasteiger partial charge in [-0.05, 0) is 65.9 Å². The number of amides is 2. The van der Waals surface area contributed by atoms with Crippen molar-refractivity contribution < 1.29 is 19.1 Å². The van der Waals surface area contributed by atoms with Crippen LogP contribution in [0.3, 0.4) is 0 Å². The van der Waals surface area contributed by atoms with Crippen molar-refractivity contribution in [3.05, 3.63) is 101 Å². The fourth-order valence-electron chi connectivity index (χ4n) is 4.87. The summed E-state index contributed by atoms with van der Waals surface area (Å²) in [6.45, 7) is 0.892. The van der Waals surface area contributed by atoms with Gasteiger partial charge in [-0.25, -0.2) is 4.98 Å². The van der Waals surface area contributed by atoms with E-state index in [0.717, 1.165) is 57.6 Å². The van der Waals surface area contributed by atoms with Crippen molar-refractivity contribution in [3.63, 3.8) is 0 Å². The predicted octanol–water partition coefficient (Wildman–Crippen LogP) is 4.61. The van der Waals surface area contributed by atoms with Crippen molar-refractivity contribution in [1.29, 1.82) is 0 Å². The molecule has 2 N–H and O–H groups in total. The summed E-state index contributed by atoms with van der Waals surface area (Å²) < 4.78 is 10.9. The number of nitrogens with one attached hydrogen (secondary N) is 2. The first-order chi connectivity index (χ1) is 18.2. The van der Waals surface area contributed by atoms with E-state index in [4.69, 9.17) is 14.5 Å². The quantitative estimate of drug-likeness (QED) is 0.385. The number of hydrogen-bond donors (Lipinski definition) is 2. The fraction of sp³-hybridized carbons (Fsp3) is 0.167. The summed E-state index contributed by atoms with van der Waals surface area (Å²) in [6, 6.07) is 22.6. The minimum absolute atomic E-state index is 0.159. The highest BCUT2D eigenvalue weighted by Crippen LogP contribution is 2.39. The third kappa shape index (κ3) is 4.51. The molecule has 37 heavy (non-hydrogen) atoms. The maximum Gasteiger partial charge on any atom is 0.252 e. The Morgan fingerprint density at radius 3 is 2.46 bits per heavy atom. The Labute approximate surface area is 214 Å². The van der Waals surface area contributed by atoms with Crippen LogP contribution in [0.15, 0.2) is 72.8 Å². The molecule has 0 fully saturated rings. The molecule has 1 aliphatic heterocycles. The average molecular weight is 492 g/mol. The summed E-state index contributed by atoms with van der Waals surface area (Å²) in [7, 11) is 0. The normalized spacial score (nSPS) is 14.5. The van der Waals surface area contributed by atoms with Crippen LogP contribution in [0.4, 0.5) is 0 Å². The van der Waals surface area contributed by atoms with Gasteiger partial charge in [0, 0.05) is 24.0 Å². The van der Waals surface area contributed by atoms with Crippen LogP contribution in [0.2, 0.25) is 0 Å². The van der Waals surface area contributed by atoms with Gasteiger partial charge in [-0.3, -0.25) is 9.59 Å². The summed E-state index contributed by atoms with van der Waals surface area (Å²) in [5.74, 6) is 1.16. The number of nitrogens with zero attached hydrogens (tertiary/aromatic N) is 1. The zero-order valence-corrected chi connectivity index (χ0v) is 20.1. The lowest BCUT2D eigenvalue weighted by molar-refractivity contribution is 0.0928. The maximum absolute atomic E-state index is 13.4. The molecule has 2 aliphatic rings. The topological polar surface area (TPSA) is 89.6 Å². The lowest BCUT2D eigenvalue weighted by Crippen LogP contribution is -2.35. The van der Waals surface area contributed by atoms with E-state index >= 15 is 0 Å². The Bertz CT molecular complexity index is 1550. The molecule has 4 aromatic rings. The molecule has 0 bridgehead atoms. The number of benzene rings is 3. The second kappa shape index (κ2) is 9.78. The zero-order chi connectivity index (χ0) is 25.2. The fourth-order valence-corrected chi connectivity index (χ4v) is 4.87. The van der Waals surface area contributed by atoms with Crippen LogP contribution in [0, 0.1) is 0 Å². The second-order valence-electron chi connectivity index (χ2n) is 8.99. The average Bonchev–Trinajstić information content (AvgIpc) is 3.56. The lowest BCUT2D eigenvalue weighted by Gasteiger charge is -2.13. The van der Waals surface area contributed by atoms with E-state index in [1.165, 1.54) is 0 Å². The van der Waals surface area contributed by atoms with Crippen LogP contribution in [-0.2, 0) is 6.42 Å². The maximum atomic E-state index is 13.4. The van der Waals surface area contributed by atoms with Gasteiger partial charge in [-0.15, -0.1) is 0 Å². The van der Waals surface area contributed by atoms with Gasteiger partial charge in [-0.2, -0.15) is 0 Å². The predicted molar refractivity (Wildman–Crippen MR) is 142 cm³/mol. The Balaban J connectivity index is 1.24. The number of carbonyl (C=O) groups is 2. The van der Waals surface area contributed by atoms with Gasteiger partial charge in [-0.1, -0.05) is 42.5 Å². The summed E-state index contributed by atoms with van der Waals surface area (Å²) in [6.07, 6.45) is 3.63. The molecule has 0 radical (unpaired) electrons. The number of rotatable bonds is 6. The van der Waals surface area contributed by atoms with E-state index in [9.17, 15) is 9.59 Å². The number of pyridine rings is 1. The molecule has 0 atom stereocenters. The van der Waals surface area contributed by atoms with E-state index in [2.05, 4.69) is 16.7 Å². The summed E-state index contributed by atoms with van der Waals surface area (Å²) in [4.78, 5) is 30.6. The van der Waals surface area contributed by atoms with Crippen LogP contribution in [0.5, 0.6) is 11.5 Å². The molecule has 6 rings (SSSR count). The summed E-state index contributed by atoms with van der Waals surface area (Å²) >= 11 is 0. The van der Waals surface area contributed by atoms with Gasteiger partial charge in [0.25, 0.3) is 11.8 Å². The Morgan fingerprint density at radius 1 is 0.838 bits per heavy atom. The molecule has 2 heterocycles. The third-order valence-corrected chi connectivity index (χ3v) is 6.64. The number of para-hydroxylation sites is 1. The molecular formula is C30H25N3O4. The number of ether oxygens (including phenoxy) is 2. The second-order valence-corrected chi connectivity index (χ2v) is 8.99. The molecule has 1 aromatic heterocycles. The Kier molecular flexibility index (Phi) is 6.02. The molecule has 7 nitrogen and oxygen atoms in total. The highest BCUT2D eigenvalue weighted by atomic mass is 16.7. The molecule has 0 unspecified atom stereocenters. The largest absolute Gasteiger partial charge is 0.454 e. The standard InChI is InChI=1S/C30H25N3O4/c34-29(20-6-2-1-3-7-20)31-14-15-32-30(35)27-22-8-4-5-9-24(22)33-28-21(11-12-23(27)28)16-19-10-13-25-26(17-19)37-18-36-25/h1-10,13,16-17H,11-12,14-15,18H2,(H,31,34)(H,32,35)/b21-16+. The van der Waals surface area contributed by atoms with E-state index in [0.29, 0.717) is 24.2 Å². The Hall–Kier alpha value is -4.65. The molecule has 3 aromatic carbocycles. The smallest absolute Gasteiger partial charge is 0.252 e. The van der Waals surface area contributed by atoms with Crippen LogP contribution in [0.25, 0.3) is 22.6 Å². The number of aromatic nitrogens is 1.